The Morgan fingerprint density at radius 3 is 2.46 bits per heavy atom. The number of urea groups is 1. The fourth-order valence-electron chi connectivity index (χ4n) is 2.54. The number of anilines is 1. The number of nitrogens with one attached hydrogen (secondary N) is 3. The van der Waals surface area contributed by atoms with Gasteiger partial charge in [-0.2, -0.15) is 13.2 Å². The number of hydrogen-bond acceptors (Lipinski definition) is 2. The molecule has 3 rings (SSSR count). The molecular formula is C17H16F3N3O. The molecule has 126 valence electrons. The zero-order valence-corrected chi connectivity index (χ0v) is 12.7. The molecule has 3 N–H and O–H groups in total. The van der Waals surface area contributed by atoms with E-state index in [1.165, 1.54) is 17.7 Å². The molecule has 7 heteroatoms. The minimum absolute atomic E-state index is 0.149. The van der Waals surface area contributed by atoms with Crippen molar-refractivity contribution in [1.82, 2.24) is 10.6 Å². The number of alkyl halides is 3. The summed E-state index contributed by atoms with van der Waals surface area (Å²) in [6.07, 6.45) is -4.36. The molecule has 24 heavy (non-hydrogen) atoms. The van der Waals surface area contributed by atoms with Crippen LogP contribution in [-0.2, 0) is 25.8 Å². The number of benzene rings is 2. The standard InChI is InChI=1S/C17H16F3N3O/c18-17(19,20)14-4-1-11(2-5-14)8-22-16(24)23-15-6-3-12-9-21-10-13(12)7-15/h1-7,21H,8-10H2,(H2,22,23,24). The van der Waals surface area contributed by atoms with Crippen LogP contribution >= 0.6 is 0 Å². The fraction of sp³-hybridized carbons (Fsp3) is 0.235. The molecule has 4 nitrogen and oxygen atoms in total. The van der Waals surface area contributed by atoms with E-state index in [-0.39, 0.29) is 6.54 Å². The first-order valence-electron chi connectivity index (χ1n) is 7.45. The van der Waals surface area contributed by atoms with E-state index in [0.717, 1.165) is 30.8 Å². The maximum absolute atomic E-state index is 12.5. The molecule has 1 aliphatic rings. The van der Waals surface area contributed by atoms with Gasteiger partial charge in [0.05, 0.1) is 5.56 Å². The van der Waals surface area contributed by atoms with E-state index < -0.39 is 17.8 Å². The molecule has 2 aromatic carbocycles. The Bertz CT molecular complexity index is 742. The third kappa shape index (κ3) is 3.86. The lowest BCUT2D eigenvalue weighted by Gasteiger charge is -2.10. The number of carbonyl (C=O) groups is 1. The number of amides is 2. The summed E-state index contributed by atoms with van der Waals surface area (Å²) in [5.74, 6) is 0. The van der Waals surface area contributed by atoms with Crippen molar-refractivity contribution in [2.45, 2.75) is 25.8 Å². The van der Waals surface area contributed by atoms with Gasteiger partial charge in [0.1, 0.15) is 0 Å². The maximum atomic E-state index is 12.5. The molecule has 1 heterocycles. The summed E-state index contributed by atoms with van der Waals surface area (Å²) in [5, 5.41) is 8.57. The van der Waals surface area contributed by atoms with Gasteiger partial charge >= 0.3 is 12.2 Å². The second-order valence-electron chi connectivity index (χ2n) is 5.59. The summed E-state index contributed by atoms with van der Waals surface area (Å²) in [5.41, 5.74) is 2.93. The predicted molar refractivity (Wildman–Crippen MR) is 84.3 cm³/mol. The van der Waals surface area contributed by atoms with Gasteiger partial charge in [0.15, 0.2) is 0 Å². The van der Waals surface area contributed by atoms with Gasteiger partial charge in [-0.1, -0.05) is 18.2 Å². The summed E-state index contributed by atoms with van der Waals surface area (Å²) >= 11 is 0. The van der Waals surface area contributed by atoms with Crippen molar-refractivity contribution in [3.63, 3.8) is 0 Å². The Morgan fingerprint density at radius 1 is 1.04 bits per heavy atom. The molecule has 0 aliphatic carbocycles. The minimum Gasteiger partial charge on any atom is -0.334 e. The van der Waals surface area contributed by atoms with E-state index in [9.17, 15) is 18.0 Å². The summed E-state index contributed by atoms with van der Waals surface area (Å²) in [7, 11) is 0. The second kappa shape index (κ2) is 6.52. The van der Waals surface area contributed by atoms with Gasteiger partial charge in [-0.3, -0.25) is 0 Å². The molecule has 0 saturated heterocycles. The predicted octanol–water partition coefficient (Wildman–Crippen LogP) is 3.63. The van der Waals surface area contributed by atoms with Gasteiger partial charge in [0.2, 0.25) is 0 Å². The van der Waals surface area contributed by atoms with E-state index in [4.69, 9.17) is 0 Å². The van der Waals surface area contributed by atoms with Crippen LogP contribution in [0, 0.1) is 0 Å². The smallest absolute Gasteiger partial charge is 0.334 e. The van der Waals surface area contributed by atoms with Crippen molar-refractivity contribution < 1.29 is 18.0 Å². The quantitative estimate of drug-likeness (QED) is 0.802. The number of rotatable bonds is 3. The largest absolute Gasteiger partial charge is 0.416 e. The Kier molecular flexibility index (Phi) is 4.44. The monoisotopic (exact) mass is 335 g/mol. The highest BCUT2D eigenvalue weighted by molar-refractivity contribution is 5.89. The second-order valence-corrected chi connectivity index (χ2v) is 5.59. The van der Waals surface area contributed by atoms with Crippen molar-refractivity contribution in [2.75, 3.05) is 5.32 Å². The summed E-state index contributed by atoms with van der Waals surface area (Å²) in [6, 6.07) is 10.00. The number of fused-ring (bicyclic) bond motifs is 1. The normalized spacial score (nSPS) is 13.5. The highest BCUT2D eigenvalue weighted by Crippen LogP contribution is 2.29. The van der Waals surface area contributed by atoms with Crippen molar-refractivity contribution >= 4 is 11.7 Å². The first-order valence-corrected chi connectivity index (χ1v) is 7.45. The van der Waals surface area contributed by atoms with E-state index in [1.807, 2.05) is 18.2 Å². The number of hydrogen-bond donors (Lipinski definition) is 3. The molecule has 0 fully saturated rings. The molecule has 0 bridgehead atoms. The molecule has 0 unspecified atom stereocenters. The van der Waals surface area contributed by atoms with Crippen LogP contribution in [0.3, 0.4) is 0 Å². The fourth-order valence-corrected chi connectivity index (χ4v) is 2.54. The molecule has 2 amide bonds. The van der Waals surface area contributed by atoms with Crippen molar-refractivity contribution in [1.29, 1.82) is 0 Å². The molecular weight excluding hydrogens is 319 g/mol. The minimum atomic E-state index is -4.36. The average molecular weight is 335 g/mol. The summed E-state index contributed by atoms with van der Waals surface area (Å²) in [4.78, 5) is 11.9. The molecule has 2 aromatic rings. The lowest BCUT2D eigenvalue weighted by atomic mass is 10.1. The van der Waals surface area contributed by atoms with E-state index in [1.54, 1.807) is 0 Å². The lowest BCUT2D eigenvalue weighted by Crippen LogP contribution is -2.28. The average Bonchev–Trinajstić information content (AvgIpc) is 3.00. The summed E-state index contributed by atoms with van der Waals surface area (Å²) in [6.45, 7) is 1.75. The first kappa shape index (κ1) is 16.3. The van der Waals surface area contributed by atoms with Gasteiger partial charge in [0, 0.05) is 25.3 Å². The van der Waals surface area contributed by atoms with Crippen molar-refractivity contribution in [3.8, 4) is 0 Å². The molecule has 1 aliphatic heterocycles. The van der Waals surface area contributed by atoms with Crippen LogP contribution < -0.4 is 16.0 Å². The van der Waals surface area contributed by atoms with Gasteiger partial charge in [-0.15, -0.1) is 0 Å². The lowest BCUT2D eigenvalue weighted by molar-refractivity contribution is -0.137. The molecule has 0 spiro atoms. The Morgan fingerprint density at radius 2 is 1.75 bits per heavy atom. The van der Waals surface area contributed by atoms with Crippen LogP contribution in [0.25, 0.3) is 0 Å². The molecule has 0 saturated carbocycles. The van der Waals surface area contributed by atoms with Gasteiger partial charge in [-0.05, 0) is 41.0 Å². The van der Waals surface area contributed by atoms with Crippen LogP contribution in [0.2, 0.25) is 0 Å². The SMILES string of the molecule is O=C(NCc1ccc(C(F)(F)F)cc1)Nc1ccc2c(c1)CNC2. The first-order chi connectivity index (χ1) is 11.4. The zero-order valence-electron chi connectivity index (χ0n) is 12.7. The number of halogens is 3. The molecule has 0 aromatic heterocycles. The van der Waals surface area contributed by atoms with Crippen LogP contribution in [0.5, 0.6) is 0 Å². The van der Waals surface area contributed by atoms with Crippen LogP contribution in [0.15, 0.2) is 42.5 Å². The summed E-state index contributed by atoms with van der Waals surface area (Å²) < 4.78 is 37.5. The Balaban J connectivity index is 1.54. The van der Waals surface area contributed by atoms with Gasteiger partial charge in [0.25, 0.3) is 0 Å². The van der Waals surface area contributed by atoms with Crippen LogP contribution in [0.4, 0.5) is 23.7 Å². The van der Waals surface area contributed by atoms with Gasteiger partial charge in [-0.25, -0.2) is 4.79 Å². The maximum Gasteiger partial charge on any atom is 0.416 e. The third-order valence-electron chi connectivity index (χ3n) is 3.83. The van der Waals surface area contributed by atoms with Crippen LogP contribution in [0.1, 0.15) is 22.3 Å². The number of carbonyl (C=O) groups excluding carboxylic acids is 1. The third-order valence-corrected chi connectivity index (χ3v) is 3.83. The Hall–Kier alpha value is -2.54. The highest BCUT2D eigenvalue weighted by Gasteiger charge is 2.29. The molecule has 0 radical (unpaired) electrons. The van der Waals surface area contributed by atoms with E-state index in [0.29, 0.717) is 11.3 Å². The molecule has 0 atom stereocenters. The topological polar surface area (TPSA) is 53.2 Å². The Labute approximate surface area is 137 Å². The van der Waals surface area contributed by atoms with E-state index in [2.05, 4.69) is 16.0 Å². The van der Waals surface area contributed by atoms with Crippen LogP contribution in [-0.4, -0.2) is 6.03 Å². The van der Waals surface area contributed by atoms with Gasteiger partial charge < -0.3 is 16.0 Å². The highest BCUT2D eigenvalue weighted by atomic mass is 19.4. The van der Waals surface area contributed by atoms with E-state index >= 15 is 0 Å². The van der Waals surface area contributed by atoms with Crippen molar-refractivity contribution in [2.24, 2.45) is 0 Å². The zero-order chi connectivity index (χ0) is 17.2. The van der Waals surface area contributed by atoms with Crippen molar-refractivity contribution in [3.05, 3.63) is 64.7 Å².